The van der Waals surface area contributed by atoms with Gasteiger partial charge in [-0.15, -0.1) is 0 Å². The molecule has 1 atom stereocenters. The fourth-order valence-corrected chi connectivity index (χ4v) is 1.63. The van der Waals surface area contributed by atoms with Crippen molar-refractivity contribution < 1.29 is 5.11 Å². The van der Waals surface area contributed by atoms with Crippen LogP contribution in [0.1, 0.15) is 6.92 Å². The van der Waals surface area contributed by atoms with Gasteiger partial charge >= 0.3 is 0 Å². The minimum Gasteiger partial charge on any atom is -0.392 e. The highest BCUT2D eigenvalue weighted by Crippen LogP contribution is 2.22. The van der Waals surface area contributed by atoms with Gasteiger partial charge in [0.15, 0.2) is 0 Å². The Balaban J connectivity index is 2.63. The zero-order valence-electron chi connectivity index (χ0n) is 7.22. The summed E-state index contributed by atoms with van der Waals surface area (Å²) in [6.45, 7) is 2.34. The Labute approximate surface area is 100.0 Å². The molecule has 2 nitrogen and oxygen atoms in total. The number of halogens is 2. The Hall–Kier alpha value is 0.190. The average Bonchev–Trinajstić information content (AvgIpc) is 2.07. The zero-order valence-corrected chi connectivity index (χ0v) is 11.0. The Morgan fingerprint density at radius 2 is 2.31 bits per heavy atom. The van der Waals surface area contributed by atoms with Crippen LogP contribution < -0.4 is 5.32 Å². The highest BCUT2D eigenvalue weighted by Gasteiger charge is 1.99. The van der Waals surface area contributed by atoms with E-state index in [1.807, 2.05) is 18.2 Å². The molecule has 0 aliphatic carbocycles. The van der Waals surface area contributed by atoms with E-state index in [-0.39, 0.29) is 6.10 Å². The van der Waals surface area contributed by atoms with E-state index in [4.69, 9.17) is 5.11 Å². The van der Waals surface area contributed by atoms with Gasteiger partial charge < -0.3 is 10.4 Å². The molecule has 0 saturated heterocycles. The summed E-state index contributed by atoms with van der Waals surface area (Å²) < 4.78 is 2.25. The van der Waals surface area contributed by atoms with Crippen LogP contribution in [0, 0.1) is 3.57 Å². The van der Waals surface area contributed by atoms with Gasteiger partial charge in [-0.25, -0.2) is 0 Å². The summed E-state index contributed by atoms with van der Waals surface area (Å²) in [5, 5.41) is 12.2. The van der Waals surface area contributed by atoms with Gasteiger partial charge in [0.2, 0.25) is 0 Å². The van der Waals surface area contributed by atoms with Crippen LogP contribution in [0.4, 0.5) is 5.69 Å². The molecule has 0 amide bonds. The van der Waals surface area contributed by atoms with Gasteiger partial charge in [0.05, 0.1) is 6.10 Å². The number of rotatable bonds is 3. The predicted molar refractivity (Wildman–Crippen MR) is 67.0 cm³/mol. The first-order chi connectivity index (χ1) is 6.09. The van der Waals surface area contributed by atoms with Crippen molar-refractivity contribution in [2.45, 2.75) is 13.0 Å². The Kier molecular flexibility index (Phi) is 4.48. The molecule has 0 spiro atoms. The van der Waals surface area contributed by atoms with Crippen molar-refractivity contribution in [2.75, 3.05) is 11.9 Å². The van der Waals surface area contributed by atoms with E-state index in [1.54, 1.807) is 6.92 Å². The van der Waals surface area contributed by atoms with Gasteiger partial charge in [-0.2, -0.15) is 0 Å². The van der Waals surface area contributed by atoms with Crippen LogP contribution in [0.5, 0.6) is 0 Å². The molecule has 4 heteroatoms. The second-order valence-electron chi connectivity index (χ2n) is 2.86. The van der Waals surface area contributed by atoms with Crippen LogP contribution in [-0.2, 0) is 0 Å². The van der Waals surface area contributed by atoms with Crippen molar-refractivity contribution in [2.24, 2.45) is 0 Å². The predicted octanol–water partition coefficient (Wildman–Crippen LogP) is 2.85. The zero-order chi connectivity index (χ0) is 9.84. The van der Waals surface area contributed by atoms with Crippen molar-refractivity contribution in [1.82, 2.24) is 0 Å². The maximum Gasteiger partial charge on any atom is 0.0684 e. The number of hydrogen-bond acceptors (Lipinski definition) is 2. The summed E-state index contributed by atoms with van der Waals surface area (Å²) in [5.41, 5.74) is 1.04. The van der Waals surface area contributed by atoms with Crippen molar-refractivity contribution in [1.29, 1.82) is 0 Å². The van der Waals surface area contributed by atoms with E-state index < -0.39 is 0 Å². The molecule has 0 bridgehead atoms. The lowest BCUT2D eigenvalue weighted by atomic mass is 10.3. The van der Waals surface area contributed by atoms with E-state index in [2.05, 4.69) is 43.8 Å². The number of nitrogens with one attached hydrogen (secondary N) is 1. The van der Waals surface area contributed by atoms with Crippen molar-refractivity contribution >= 4 is 44.2 Å². The lowest BCUT2D eigenvalue weighted by molar-refractivity contribution is 0.208. The molecule has 0 saturated carbocycles. The molecule has 0 aliphatic heterocycles. The smallest absolute Gasteiger partial charge is 0.0684 e. The number of hydrogen-bond donors (Lipinski definition) is 2. The first-order valence-corrected chi connectivity index (χ1v) is 5.84. The van der Waals surface area contributed by atoms with E-state index in [1.165, 1.54) is 0 Å². The van der Waals surface area contributed by atoms with Crippen molar-refractivity contribution in [3.8, 4) is 0 Å². The largest absolute Gasteiger partial charge is 0.392 e. The normalized spacial score (nSPS) is 12.6. The fourth-order valence-electron chi connectivity index (χ4n) is 0.872. The molecule has 1 aromatic rings. The third-order valence-electron chi connectivity index (χ3n) is 1.52. The van der Waals surface area contributed by atoms with Gasteiger partial charge in [-0.05, 0) is 63.6 Å². The molecule has 0 fully saturated rings. The lowest BCUT2D eigenvalue weighted by Gasteiger charge is -2.08. The van der Waals surface area contributed by atoms with Crippen LogP contribution in [0.3, 0.4) is 0 Å². The molecule has 72 valence electrons. The molecule has 0 radical (unpaired) electrons. The van der Waals surface area contributed by atoms with Crippen LogP contribution in [0.2, 0.25) is 0 Å². The van der Waals surface area contributed by atoms with Gasteiger partial charge in [-0.3, -0.25) is 0 Å². The highest BCUT2D eigenvalue weighted by molar-refractivity contribution is 14.1. The molecule has 13 heavy (non-hydrogen) atoms. The van der Waals surface area contributed by atoms with Gasteiger partial charge in [0.1, 0.15) is 0 Å². The quantitative estimate of drug-likeness (QED) is 0.817. The minimum absolute atomic E-state index is 0.318. The first-order valence-electron chi connectivity index (χ1n) is 3.96. The second kappa shape index (κ2) is 5.17. The molecule has 0 aliphatic rings. The van der Waals surface area contributed by atoms with Gasteiger partial charge in [-0.1, -0.05) is 0 Å². The molecule has 0 heterocycles. The molecule has 0 unspecified atom stereocenters. The van der Waals surface area contributed by atoms with Crippen molar-refractivity contribution in [3.63, 3.8) is 0 Å². The fraction of sp³-hybridized carbons (Fsp3) is 0.333. The standard InChI is InChI=1S/C9H11BrINO/c1-6(13)5-12-7-2-3-8(10)9(11)4-7/h2-4,6,12-13H,5H2,1H3/t6-/m0/s1. The summed E-state index contributed by atoms with van der Waals surface area (Å²) in [4.78, 5) is 0. The van der Waals surface area contributed by atoms with E-state index in [9.17, 15) is 0 Å². The number of anilines is 1. The van der Waals surface area contributed by atoms with Crippen LogP contribution in [-0.4, -0.2) is 17.8 Å². The lowest BCUT2D eigenvalue weighted by Crippen LogP contribution is -2.15. The molecule has 2 N–H and O–H groups in total. The summed E-state index contributed by atoms with van der Waals surface area (Å²) in [6, 6.07) is 6.01. The number of aliphatic hydroxyl groups excluding tert-OH is 1. The third-order valence-corrected chi connectivity index (χ3v) is 3.85. The summed E-state index contributed by atoms with van der Waals surface area (Å²) in [5.74, 6) is 0. The average molecular weight is 356 g/mol. The van der Waals surface area contributed by atoms with Crippen LogP contribution >= 0.6 is 38.5 Å². The Morgan fingerprint density at radius 3 is 2.85 bits per heavy atom. The van der Waals surface area contributed by atoms with Crippen LogP contribution in [0.25, 0.3) is 0 Å². The third kappa shape index (κ3) is 3.83. The molecule has 0 aromatic heterocycles. The second-order valence-corrected chi connectivity index (χ2v) is 4.88. The highest BCUT2D eigenvalue weighted by atomic mass is 127. The molecular weight excluding hydrogens is 345 g/mol. The number of benzene rings is 1. The first kappa shape index (κ1) is 11.3. The molecular formula is C9H11BrINO. The summed E-state index contributed by atoms with van der Waals surface area (Å²) in [6.07, 6.45) is -0.318. The monoisotopic (exact) mass is 355 g/mol. The molecule has 1 rings (SSSR count). The topological polar surface area (TPSA) is 32.3 Å². The minimum atomic E-state index is -0.318. The Morgan fingerprint density at radius 1 is 1.62 bits per heavy atom. The van der Waals surface area contributed by atoms with Crippen LogP contribution in [0.15, 0.2) is 22.7 Å². The SMILES string of the molecule is C[C@H](O)CNc1ccc(Br)c(I)c1. The Bertz CT molecular complexity index is 291. The van der Waals surface area contributed by atoms with Gasteiger partial charge in [0, 0.05) is 20.3 Å². The molecule has 1 aromatic carbocycles. The van der Waals surface area contributed by atoms with Gasteiger partial charge in [0.25, 0.3) is 0 Å². The van der Waals surface area contributed by atoms with E-state index in [0.29, 0.717) is 6.54 Å². The number of aliphatic hydroxyl groups is 1. The maximum absolute atomic E-state index is 9.06. The maximum atomic E-state index is 9.06. The van der Waals surface area contributed by atoms with E-state index >= 15 is 0 Å². The van der Waals surface area contributed by atoms with Crippen molar-refractivity contribution in [3.05, 3.63) is 26.2 Å². The van der Waals surface area contributed by atoms with E-state index in [0.717, 1.165) is 13.7 Å². The summed E-state index contributed by atoms with van der Waals surface area (Å²) in [7, 11) is 0. The summed E-state index contributed by atoms with van der Waals surface area (Å²) >= 11 is 5.68.